The summed E-state index contributed by atoms with van der Waals surface area (Å²) in [6, 6.07) is 5.25. The second kappa shape index (κ2) is 5.51. The van der Waals surface area contributed by atoms with Crippen LogP contribution in [0.1, 0.15) is 12.8 Å². The van der Waals surface area contributed by atoms with Crippen LogP contribution in [0.4, 0.5) is 11.4 Å². The Morgan fingerprint density at radius 2 is 2.29 bits per heavy atom. The Morgan fingerprint density at radius 1 is 1.53 bits per heavy atom. The van der Waals surface area contributed by atoms with Gasteiger partial charge in [-0.05, 0) is 52.9 Å². The van der Waals surface area contributed by atoms with E-state index in [0.717, 1.165) is 4.47 Å². The second-order valence-corrected chi connectivity index (χ2v) is 5.10. The maximum Gasteiger partial charge on any atom is 0.250 e. The van der Waals surface area contributed by atoms with Crippen molar-refractivity contribution in [3.05, 3.63) is 22.7 Å². The number of nitrogen functional groups attached to an aromatic ring is 1. The Labute approximate surface area is 109 Å². The normalized spacial score (nSPS) is 14.6. The summed E-state index contributed by atoms with van der Waals surface area (Å²) in [6.45, 7) is 0.795. The van der Waals surface area contributed by atoms with Gasteiger partial charge in [0.15, 0.2) is 0 Å². The summed E-state index contributed by atoms with van der Waals surface area (Å²) < 4.78 is 6.07. The number of nitrogens with two attached hydrogens (primary N) is 1. The molecule has 0 unspecified atom stereocenters. The van der Waals surface area contributed by atoms with E-state index in [1.807, 2.05) is 0 Å². The lowest BCUT2D eigenvalue weighted by molar-refractivity contribution is -0.120. The highest BCUT2D eigenvalue weighted by Crippen LogP contribution is 2.28. The number of hydrogen-bond donors (Lipinski definition) is 2. The third kappa shape index (κ3) is 4.02. The molecule has 1 aromatic rings. The van der Waals surface area contributed by atoms with Crippen molar-refractivity contribution < 1.29 is 9.53 Å². The van der Waals surface area contributed by atoms with Gasteiger partial charge >= 0.3 is 0 Å². The Morgan fingerprint density at radius 3 is 2.94 bits per heavy atom. The summed E-state index contributed by atoms with van der Waals surface area (Å²) in [5, 5.41) is 2.77. The summed E-state index contributed by atoms with van der Waals surface area (Å²) in [5.74, 6) is 0.530. The zero-order valence-electron chi connectivity index (χ0n) is 9.41. The number of halogens is 1. The Bertz CT molecular complexity index is 419. The smallest absolute Gasteiger partial charge is 0.250 e. The summed E-state index contributed by atoms with van der Waals surface area (Å²) in [7, 11) is 0. The molecule has 3 N–H and O–H groups in total. The number of rotatable bonds is 5. The lowest BCUT2D eigenvalue weighted by Gasteiger charge is -2.08. The van der Waals surface area contributed by atoms with Gasteiger partial charge in [-0.15, -0.1) is 0 Å². The molecule has 5 heteroatoms. The van der Waals surface area contributed by atoms with Gasteiger partial charge in [-0.3, -0.25) is 4.79 Å². The molecule has 1 amide bonds. The molecule has 1 aliphatic rings. The van der Waals surface area contributed by atoms with E-state index in [2.05, 4.69) is 21.2 Å². The summed E-state index contributed by atoms with van der Waals surface area (Å²) in [5.41, 5.74) is 6.97. The zero-order valence-corrected chi connectivity index (χ0v) is 11.0. The van der Waals surface area contributed by atoms with Gasteiger partial charge in [-0.1, -0.05) is 0 Å². The van der Waals surface area contributed by atoms with E-state index in [1.54, 1.807) is 18.2 Å². The molecule has 1 aromatic carbocycles. The summed E-state index contributed by atoms with van der Waals surface area (Å²) >= 11 is 3.34. The van der Waals surface area contributed by atoms with Crippen LogP contribution >= 0.6 is 15.9 Å². The number of hydrogen-bond acceptors (Lipinski definition) is 3. The molecule has 17 heavy (non-hydrogen) atoms. The van der Waals surface area contributed by atoms with Crippen molar-refractivity contribution in [3.8, 4) is 0 Å². The highest BCUT2D eigenvalue weighted by Gasteiger charge is 2.21. The minimum Gasteiger partial charge on any atom is -0.399 e. The van der Waals surface area contributed by atoms with Gasteiger partial charge in [0.25, 0.3) is 0 Å². The van der Waals surface area contributed by atoms with Gasteiger partial charge in [-0.2, -0.15) is 0 Å². The predicted octanol–water partition coefficient (Wildman–Crippen LogP) is 2.40. The lowest BCUT2D eigenvalue weighted by Crippen LogP contribution is -2.19. The van der Waals surface area contributed by atoms with E-state index in [9.17, 15) is 4.79 Å². The van der Waals surface area contributed by atoms with E-state index < -0.39 is 0 Å². The highest BCUT2D eigenvalue weighted by molar-refractivity contribution is 9.10. The molecule has 1 aliphatic carbocycles. The molecule has 0 saturated heterocycles. The van der Waals surface area contributed by atoms with Crippen molar-refractivity contribution in [3.63, 3.8) is 0 Å². The van der Waals surface area contributed by atoms with Gasteiger partial charge in [0.05, 0.1) is 12.3 Å². The van der Waals surface area contributed by atoms with Crippen LogP contribution in [0, 0.1) is 5.92 Å². The fraction of sp³-hybridized carbons (Fsp3) is 0.417. The molecular weight excluding hydrogens is 284 g/mol. The summed E-state index contributed by atoms with van der Waals surface area (Å²) in [6.07, 6.45) is 2.45. The average molecular weight is 299 g/mol. The summed E-state index contributed by atoms with van der Waals surface area (Å²) in [4.78, 5) is 11.6. The SMILES string of the molecule is Nc1ccc(NC(=O)COCC2CC2)c(Br)c1. The number of nitrogens with one attached hydrogen (secondary N) is 1. The van der Waals surface area contributed by atoms with E-state index in [4.69, 9.17) is 10.5 Å². The number of amides is 1. The fourth-order valence-electron chi connectivity index (χ4n) is 1.42. The molecule has 0 bridgehead atoms. The van der Waals surface area contributed by atoms with Crippen molar-refractivity contribution in [1.82, 2.24) is 0 Å². The van der Waals surface area contributed by atoms with Crippen molar-refractivity contribution in [1.29, 1.82) is 0 Å². The van der Waals surface area contributed by atoms with E-state index in [-0.39, 0.29) is 12.5 Å². The second-order valence-electron chi connectivity index (χ2n) is 4.25. The molecule has 0 radical (unpaired) electrons. The van der Waals surface area contributed by atoms with Crippen LogP contribution in [-0.4, -0.2) is 19.1 Å². The van der Waals surface area contributed by atoms with Crippen LogP contribution in [0.15, 0.2) is 22.7 Å². The Balaban J connectivity index is 1.79. The largest absolute Gasteiger partial charge is 0.399 e. The first kappa shape index (κ1) is 12.4. The molecular formula is C12H15BrN2O2. The molecule has 0 atom stereocenters. The Kier molecular flexibility index (Phi) is 4.02. The molecule has 0 aromatic heterocycles. The van der Waals surface area contributed by atoms with Gasteiger partial charge in [0, 0.05) is 10.2 Å². The molecule has 1 saturated carbocycles. The predicted molar refractivity (Wildman–Crippen MR) is 70.7 cm³/mol. The maximum atomic E-state index is 11.6. The third-order valence-corrected chi connectivity index (χ3v) is 3.21. The van der Waals surface area contributed by atoms with Crippen LogP contribution in [-0.2, 0) is 9.53 Å². The van der Waals surface area contributed by atoms with Crippen LogP contribution in [0.25, 0.3) is 0 Å². The van der Waals surface area contributed by atoms with Crippen molar-refractivity contribution in [2.45, 2.75) is 12.8 Å². The fourth-order valence-corrected chi connectivity index (χ4v) is 1.92. The van der Waals surface area contributed by atoms with Gasteiger partial charge in [0.2, 0.25) is 5.91 Å². The van der Waals surface area contributed by atoms with Crippen LogP contribution in [0.2, 0.25) is 0 Å². The van der Waals surface area contributed by atoms with Crippen LogP contribution in [0.3, 0.4) is 0 Å². The lowest BCUT2D eigenvalue weighted by atomic mass is 10.3. The highest BCUT2D eigenvalue weighted by atomic mass is 79.9. The number of anilines is 2. The molecule has 92 valence electrons. The number of benzene rings is 1. The maximum absolute atomic E-state index is 11.6. The molecule has 1 fully saturated rings. The monoisotopic (exact) mass is 298 g/mol. The first-order valence-corrected chi connectivity index (χ1v) is 6.37. The molecule has 0 spiro atoms. The average Bonchev–Trinajstić information content (AvgIpc) is 3.06. The van der Waals surface area contributed by atoms with E-state index in [1.165, 1.54) is 12.8 Å². The van der Waals surface area contributed by atoms with Crippen LogP contribution in [0.5, 0.6) is 0 Å². The number of ether oxygens (including phenoxy) is 1. The van der Waals surface area contributed by atoms with E-state index in [0.29, 0.717) is 23.9 Å². The van der Waals surface area contributed by atoms with E-state index >= 15 is 0 Å². The van der Waals surface area contributed by atoms with Gasteiger partial charge in [0.1, 0.15) is 6.61 Å². The number of carbonyl (C=O) groups is 1. The number of carbonyl (C=O) groups excluding carboxylic acids is 1. The van der Waals surface area contributed by atoms with Crippen molar-refractivity contribution >= 4 is 33.2 Å². The Hall–Kier alpha value is -1.07. The first-order chi connectivity index (χ1) is 8.15. The first-order valence-electron chi connectivity index (χ1n) is 5.58. The third-order valence-electron chi connectivity index (χ3n) is 2.55. The quantitative estimate of drug-likeness (QED) is 0.821. The van der Waals surface area contributed by atoms with Crippen LogP contribution < -0.4 is 11.1 Å². The van der Waals surface area contributed by atoms with Gasteiger partial charge in [-0.25, -0.2) is 0 Å². The minimum atomic E-state index is -0.142. The zero-order chi connectivity index (χ0) is 12.3. The molecule has 2 rings (SSSR count). The molecule has 0 heterocycles. The molecule has 4 nitrogen and oxygen atoms in total. The topological polar surface area (TPSA) is 64.3 Å². The van der Waals surface area contributed by atoms with Crippen molar-refractivity contribution in [2.24, 2.45) is 5.92 Å². The standard InChI is InChI=1S/C12H15BrN2O2/c13-10-5-9(14)3-4-11(10)15-12(16)7-17-6-8-1-2-8/h3-5,8H,1-2,6-7,14H2,(H,15,16). The minimum absolute atomic E-state index is 0.104. The van der Waals surface area contributed by atoms with Crippen molar-refractivity contribution in [2.75, 3.05) is 24.3 Å². The molecule has 0 aliphatic heterocycles. The van der Waals surface area contributed by atoms with Gasteiger partial charge < -0.3 is 15.8 Å².